The predicted molar refractivity (Wildman–Crippen MR) is 98.9 cm³/mol. The largest absolute Gasteiger partial charge is 0.288 e. The van der Waals surface area contributed by atoms with Gasteiger partial charge in [-0.05, 0) is 12.1 Å². The van der Waals surface area contributed by atoms with Crippen molar-refractivity contribution in [3.05, 3.63) is 108 Å². The summed E-state index contributed by atoms with van der Waals surface area (Å²) in [6.45, 7) is 0. The van der Waals surface area contributed by atoms with Crippen LogP contribution in [0.4, 0.5) is 0 Å². The summed E-state index contributed by atoms with van der Waals surface area (Å²) in [5, 5.41) is 4.51. The Morgan fingerprint density at radius 2 is 1.28 bits per heavy atom. The highest BCUT2D eigenvalue weighted by atomic mass is 16.1. The molecule has 0 aliphatic carbocycles. The fraction of sp³-hybridized carbons (Fsp3) is 0. The molecule has 0 bridgehead atoms. The van der Waals surface area contributed by atoms with E-state index >= 15 is 0 Å². The molecule has 25 heavy (non-hydrogen) atoms. The van der Waals surface area contributed by atoms with Gasteiger partial charge in [0.1, 0.15) is 0 Å². The van der Waals surface area contributed by atoms with E-state index in [4.69, 9.17) is 0 Å². The van der Waals surface area contributed by atoms with Crippen LogP contribution in [0.3, 0.4) is 0 Å². The molecule has 0 spiro atoms. The van der Waals surface area contributed by atoms with E-state index in [1.54, 1.807) is 6.20 Å². The minimum absolute atomic E-state index is 0.0263. The monoisotopic (exact) mass is 324 g/mol. The van der Waals surface area contributed by atoms with Crippen molar-refractivity contribution < 1.29 is 4.79 Å². The van der Waals surface area contributed by atoms with Crippen molar-refractivity contribution in [2.75, 3.05) is 0 Å². The summed E-state index contributed by atoms with van der Waals surface area (Å²) < 4.78 is 1.82. The minimum Gasteiger partial charge on any atom is -0.288 e. The fourth-order valence-corrected chi connectivity index (χ4v) is 2.90. The lowest BCUT2D eigenvalue weighted by Gasteiger charge is -2.10. The first-order valence-corrected chi connectivity index (χ1v) is 8.13. The van der Waals surface area contributed by atoms with Gasteiger partial charge in [-0.15, -0.1) is 0 Å². The second kappa shape index (κ2) is 6.57. The summed E-state index contributed by atoms with van der Waals surface area (Å²) in [5.41, 5.74) is 3.95. The van der Waals surface area contributed by atoms with Gasteiger partial charge in [0.05, 0.1) is 23.1 Å². The van der Waals surface area contributed by atoms with Gasteiger partial charge in [0.25, 0.3) is 0 Å². The molecule has 4 rings (SSSR count). The molecule has 1 heterocycles. The zero-order valence-corrected chi connectivity index (χ0v) is 13.5. The molecule has 0 atom stereocenters. The van der Waals surface area contributed by atoms with Gasteiger partial charge >= 0.3 is 0 Å². The molecule has 0 saturated heterocycles. The van der Waals surface area contributed by atoms with Crippen LogP contribution in [0, 0.1) is 0 Å². The molecule has 120 valence electrons. The van der Waals surface area contributed by atoms with Gasteiger partial charge < -0.3 is 0 Å². The van der Waals surface area contributed by atoms with Crippen molar-refractivity contribution in [2.45, 2.75) is 0 Å². The summed E-state index contributed by atoms with van der Waals surface area (Å²) in [6, 6.07) is 29.1. The van der Waals surface area contributed by atoms with Gasteiger partial charge in [0, 0.05) is 11.1 Å². The summed E-state index contributed by atoms with van der Waals surface area (Å²) in [6.07, 6.45) is 1.66. The molecule has 3 heteroatoms. The Bertz CT molecular complexity index is 990. The van der Waals surface area contributed by atoms with Gasteiger partial charge in [0.2, 0.25) is 0 Å². The minimum atomic E-state index is -0.0263. The molecule has 0 N–H and O–H groups in total. The second-order valence-corrected chi connectivity index (χ2v) is 5.72. The fourth-order valence-electron chi connectivity index (χ4n) is 2.90. The van der Waals surface area contributed by atoms with Crippen molar-refractivity contribution in [1.29, 1.82) is 0 Å². The van der Waals surface area contributed by atoms with E-state index in [9.17, 15) is 4.79 Å². The third-order valence-corrected chi connectivity index (χ3v) is 4.10. The lowest BCUT2D eigenvalue weighted by atomic mass is 10.00. The van der Waals surface area contributed by atoms with Crippen molar-refractivity contribution in [3.8, 4) is 16.9 Å². The van der Waals surface area contributed by atoms with Crippen LogP contribution in [-0.2, 0) is 0 Å². The highest BCUT2D eigenvalue weighted by Crippen LogP contribution is 2.28. The molecule has 1 aromatic heterocycles. The maximum Gasteiger partial charge on any atom is 0.196 e. The molecule has 0 saturated carbocycles. The molecule has 0 radical (unpaired) electrons. The SMILES string of the molecule is O=C(c1ccccc1)c1cnn(-c2ccccc2)c1-c1ccccc1. The zero-order chi connectivity index (χ0) is 17.1. The standard InChI is InChI=1S/C22H16N2O/c25-22(18-12-6-2-7-13-18)20-16-23-24(19-14-8-3-9-15-19)21(20)17-10-4-1-5-11-17/h1-16H. The number of nitrogens with zero attached hydrogens (tertiary/aromatic N) is 2. The van der Waals surface area contributed by atoms with E-state index in [-0.39, 0.29) is 5.78 Å². The average Bonchev–Trinajstić information content (AvgIpc) is 3.14. The number of ketones is 1. The van der Waals surface area contributed by atoms with Crippen molar-refractivity contribution in [2.24, 2.45) is 0 Å². The Hall–Kier alpha value is -3.46. The smallest absolute Gasteiger partial charge is 0.196 e. The lowest BCUT2D eigenvalue weighted by molar-refractivity contribution is 0.103. The van der Waals surface area contributed by atoms with E-state index in [0.717, 1.165) is 16.9 Å². The van der Waals surface area contributed by atoms with Crippen LogP contribution in [0.1, 0.15) is 15.9 Å². The number of carbonyl (C=O) groups excluding carboxylic acids is 1. The van der Waals surface area contributed by atoms with E-state index < -0.39 is 0 Å². The topological polar surface area (TPSA) is 34.9 Å². The van der Waals surface area contributed by atoms with E-state index in [1.807, 2.05) is 95.7 Å². The van der Waals surface area contributed by atoms with E-state index in [2.05, 4.69) is 5.10 Å². The lowest BCUT2D eigenvalue weighted by Crippen LogP contribution is -2.04. The Morgan fingerprint density at radius 3 is 1.92 bits per heavy atom. The van der Waals surface area contributed by atoms with Crippen LogP contribution in [-0.4, -0.2) is 15.6 Å². The molecular formula is C22H16N2O. The number of para-hydroxylation sites is 1. The third kappa shape index (κ3) is 2.88. The summed E-state index contributed by atoms with van der Waals surface area (Å²) in [5.74, 6) is -0.0263. The van der Waals surface area contributed by atoms with Gasteiger partial charge in [0.15, 0.2) is 5.78 Å². The van der Waals surface area contributed by atoms with Crippen LogP contribution < -0.4 is 0 Å². The van der Waals surface area contributed by atoms with E-state index in [0.29, 0.717) is 11.1 Å². The number of rotatable bonds is 4. The predicted octanol–water partition coefficient (Wildman–Crippen LogP) is 4.77. The summed E-state index contributed by atoms with van der Waals surface area (Å²) in [7, 11) is 0. The van der Waals surface area contributed by atoms with Crippen LogP contribution in [0.25, 0.3) is 16.9 Å². The maximum atomic E-state index is 13.0. The molecule has 0 unspecified atom stereocenters. The Labute approximate surface area is 146 Å². The molecular weight excluding hydrogens is 308 g/mol. The zero-order valence-electron chi connectivity index (χ0n) is 13.5. The van der Waals surface area contributed by atoms with Crippen LogP contribution >= 0.6 is 0 Å². The van der Waals surface area contributed by atoms with Gasteiger partial charge in [-0.1, -0.05) is 78.9 Å². The molecule has 0 aliphatic rings. The number of benzene rings is 3. The number of carbonyl (C=O) groups is 1. The van der Waals surface area contributed by atoms with Gasteiger partial charge in [-0.2, -0.15) is 5.10 Å². The summed E-state index contributed by atoms with van der Waals surface area (Å²) >= 11 is 0. The Morgan fingerprint density at radius 1 is 0.720 bits per heavy atom. The van der Waals surface area contributed by atoms with Crippen molar-refractivity contribution >= 4 is 5.78 Å². The second-order valence-electron chi connectivity index (χ2n) is 5.72. The van der Waals surface area contributed by atoms with Crippen LogP contribution in [0.2, 0.25) is 0 Å². The van der Waals surface area contributed by atoms with Crippen molar-refractivity contribution in [3.63, 3.8) is 0 Å². The molecule has 0 fully saturated rings. The molecule has 3 aromatic carbocycles. The average molecular weight is 324 g/mol. The quantitative estimate of drug-likeness (QED) is 0.507. The Kier molecular flexibility index (Phi) is 3.97. The van der Waals surface area contributed by atoms with Crippen molar-refractivity contribution in [1.82, 2.24) is 9.78 Å². The third-order valence-electron chi connectivity index (χ3n) is 4.10. The van der Waals surface area contributed by atoms with Gasteiger partial charge in [-0.25, -0.2) is 4.68 Å². The molecule has 3 nitrogen and oxygen atoms in total. The van der Waals surface area contributed by atoms with E-state index in [1.165, 1.54) is 0 Å². The van der Waals surface area contributed by atoms with Gasteiger partial charge in [-0.3, -0.25) is 4.79 Å². The number of hydrogen-bond acceptors (Lipinski definition) is 2. The van der Waals surface area contributed by atoms with Crippen LogP contribution in [0.15, 0.2) is 97.2 Å². The molecule has 0 aliphatic heterocycles. The molecule has 0 amide bonds. The van der Waals surface area contributed by atoms with Crippen LogP contribution in [0.5, 0.6) is 0 Å². The number of aromatic nitrogens is 2. The first-order valence-electron chi connectivity index (χ1n) is 8.13. The first kappa shape index (κ1) is 15.1. The summed E-state index contributed by atoms with van der Waals surface area (Å²) in [4.78, 5) is 13.0. The highest BCUT2D eigenvalue weighted by molar-refractivity contribution is 6.12. The molecule has 4 aromatic rings. The highest BCUT2D eigenvalue weighted by Gasteiger charge is 2.20. The maximum absolute atomic E-state index is 13.0. The Balaban J connectivity index is 1.91. The number of hydrogen-bond donors (Lipinski definition) is 0. The first-order chi connectivity index (χ1) is 12.3. The normalized spacial score (nSPS) is 10.6.